The molecule has 0 saturated heterocycles. The van der Waals surface area contributed by atoms with Gasteiger partial charge in [-0.25, -0.2) is 0 Å². The Bertz CT molecular complexity index is 1340. The normalized spacial score (nSPS) is 13.1. The number of rotatable bonds is 8. The van der Waals surface area contributed by atoms with Crippen LogP contribution >= 0.6 is 0 Å². The number of aromatic nitrogens is 5. The molecule has 1 aliphatic rings. The van der Waals surface area contributed by atoms with Gasteiger partial charge in [-0.1, -0.05) is 11.6 Å². The number of ether oxygens (including phenoxy) is 2. The van der Waals surface area contributed by atoms with E-state index in [1.165, 1.54) is 6.42 Å². The maximum absolute atomic E-state index is 12.5. The Morgan fingerprint density at radius 3 is 2.61 bits per heavy atom. The highest BCUT2D eigenvalue weighted by Gasteiger charge is 2.17. The molecule has 0 spiro atoms. The van der Waals surface area contributed by atoms with Gasteiger partial charge in [0.2, 0.25) is 17.6 Å². The lowest BCUT2D eigenvalue weighted by atomic mass is 10.2. The van der Waals surface area contributed by atoms with Crippen LogP contribution in [0.3, 0.4) is 0 Å². The lowest BCUT2D eigenvalue weighted by molar-refractivity contribution is -0.116. The van der Waals surface area contributed by atoms with Crippen LogP contribution in [0.15, 0.2) is 47.0 Å². The largest absolute Gasteiger partial charge is 0.493 e. The van der Waals surface area contributed by atoms with Crippen molar-refractivity contribution < 1.29 is 18.8 Å². The molecule has 0 unspecified atom stereocenters. The third-order valence-electron chi connectivity index (χ3n) is 6.21. The van der Waals surface area contributed by atoms with E-state index < -0.39 is 0 Å². The summed E-state index contributed by atoms with van der Waals surface area (Å²) in [4.78, 5) is 16.9. The number of methoxy groups -OCH3 is 2. The Labute approximate surface area is 208 Å². The zero-order valence-corrected chi connectivity index (χ0v) is 20.4. The minimum absolute atomic E-state index is 0.134. The number of carbonyl (C=O) groups excluding carboxylic acids is 1. The second-order valence-corrected chi connectivity index (χ2v) is 8.61. The van der Waals surface area contributed by atoms with E-state index in [1.807, 2.05) is 30.3 Å². The molecule has 1 N–H and O–H groups in total. The number of anilines is 1. The summed E-state index contributed by atoms with van der Waals surface area (Å²) >= 11 is 0. The zero-order chi connectivity index (χ0) is 24.9. The molecule has 10 nitrogen and oxygen atoms in total. The summed E-state index contributed by atoms with van der Waals surface area (Å²) < 4.78 is 18.1. The van der Waals surface area contributed by atoms with Crippen LogP contribution in [0.5, 0.6) is 11.5 Å². The predicted octanol–water partition coefficient (Wildman–Crippen LogP) is 4.31. The number of benzene rings is 2. The summed E-state index contributed by atoms with van der Waals surface area (Å²) in [6.07, 6.45) is 5.03. The average molecular weight is 489 g/mol. The van der Waals surface area contributed by atoms with Crippen molar-refractivity contribution in [2.75, 3.05) is 19.5 Å². The number of fused-ring (bicyclic) bond motifs is 1. The molecular weight excluding hydrogens is 460 g/mol. The maximum Gasteiger partial charge on any atom is 0.227 e. The van der Waals surface area contributed by atoms with Gasteiger partial charge in [-0.2, -0.15) is 4.98 Å². The van der Waals surface area contributed by atoms with E-state index in [0.29, 0.717) is 29.6 Å². The highest BCUT2D eigenvalue weighted by Crippen LogP contribution is 2.31. The summed E-state index contributed by atoms with van der Waals surface area (Å²) in [5, 5.41) is 15.7. The molecule has 36 heavy (non-hydrogen) atoms. The molecule has 0 bridgehead atoms. The first-order valence-electron chi connectivity index (χ1n) is 12.0. The fourth-order valence-corrected chi connectivity index (χ4v) is 4.29. The fourth-order valence-electron chi connectivity index (χ4n) is 4.29. The minimum Gasteiger partial charge on any atom is -0.493 e. The van der Waals surface area contributed by atoms with Crippen LogP contribution in [0.2, 0.25) is 0 Å². The molecule has 1 amide bonds. The Hall–Kier alpha value is -4.21. The number of hydrogen-bond acceptors (Lipinski definition) is 8. The summed E-state index contributed by atoms with van der Waals surface area (Å²) in [5.74, 6) is 3.80. The first-order valence-corrected chi connectivity index (χ1v) is 12.0. The molecule has 0 radical (unpaired) electrons. The molecular formula is C26H28N6O4. The van der Waals surface area contributed by atoms with Gasteiger partial charge in [0.15, 0.2) is 17.3 Å². The van der Waals surface area contributed by atoms with Crippen LogP contribution in [0, 0.1) is 0 Å². The molecule has 10 heteroatoms. The van der Waals surface area contributed by atoms with Crippen LogP contribution in [-0.2, 0) is 24.2 Å². The van der Waals surface area contributed by atoms with E-state index in [2.05, 4.69) is 30.2 Å². The minimum atomic E-state index is -0.134. The van der Waals surface area contributed by atoms with E-state index in [0.717, 1.165) is 54.3 Å². The van der Waals surface area contributed by atoms with Gasteiger partial charge in [0.1, 0.15) is 5.82 Å². The average Bonchev–Trinajstić information content (AvgIpc) is 3.48. The van der Waals surface area contributed by atoms with Crippen molar-refractivity contribution in [3.05, 3.63) is 54.2 Å². The van der Waals surface area contributed by atoms with Gasteiger partial charge < -0.3 is 23.9 Å². The molecule has 1 aliphatic heterocycles. The molecule has 0 aliphatic carbocycles. The van der Waals surface area contributed by atoms with Crippen LogP contribution in [0.25, 0.3) is 22.8 Å². The van der Waals surface area contributed by atoms with Crippen LogP contribution < -0.4 is 14.8 Å². The van der Waals surface area contributed by atoms with Crippen molar-refractivity contribution in [1.29, 1.82) is 0 Å². The number of nitrogens with zero attached hydrogens (tertiary/aromatic N) is 5. The molecule has 0 saturated carbocycles. The van der Waals surface area contributed by atoms with Crippen LogP contribution in [-0.4, -0.2) is 45.0 Å². The standard InChI is InChI=1S/C26H28N6O4/c1-34-20-12-9-18(16-21(20)35-2)25-28-24(36-31-25)14-13-23(33)27-19-10-7-17(8-11-19)26-30-29-22-6-4-3-5-15-32(22)26/h7-12,16H,3-6,13-15H2,1-2H3,(H,27,33). The summed E-state index contributed by atoms with van der Waals surface area (Å²) in [6.45, 7) is 0.944. The van der Waals surface area contributed by atoms with Crippen LogP contribution in [0.4, 0.5) is 5.69 Å². The predicted molar refractivity (Wildman–Crippen MR) is 133 cm³/mol. The summed E-state index contributed by atoms with van der Waals surface area (Å²) in [7, 11) is 3.15. The molecule has 3 heterocycles. The highest BCUT2D eigenvalue weighted by atomic mass is 16.5. The van der Waals surface area contributed by atoms with Crippen molar-refractivity contribution in [2.45, 2.75) is 45.1 Å². The second-order valence-electron chi connectivity index (χ2n) is 8.61. The van der Waals surface area contributed by atoms with Crippen molar-refractivity contribution in [1.82, 2.24) is 24.9 Å². The van der Waals surface area contributed by atoms with Gasteiger partial charge in [-0.15, -0.1) is 10.2 Å². The van der Waals surface area contributed by atoms with Gasteiger partial charge in [-0.3, -0.25) is 4.79 Å². The number of hydrogen-bond donors (Lipinski definition) is 1. The van der Waals surface area contributed by atoms with Crippen molar-refractivity contribution in [2.24, 2.45) is 0 Å². The molecule has 2 aromatic heterocycles. The van der Waals surface area contributed by atoms with Gasteiger partial charge in [0, 0.05) is 42.6 Å². The lowest BCUT2D eigenvalue weighted by Crippen LogP contribution is -2.12. The van der Waals surface area contributed by atoms with E-state index in [9.17, 15) is 4.79 Å². The van der Waals surface area contributed by atoms with Gasteiger partial charge in [0.05, 0.1) is 14.2 Å². The quantitative estimate of drug-likeness (QED) is 0.390. The monoisotopic (exact) mass is 488 g/mol. The Morgan fingerprint density at radius 2 is 1.81 bits per heavy atom. The van der Waals surface area contributed by atoms with Crippen LogP contribution in [0.1, 0.15) is 37.4 Å². The molecule has 186 valence electrons. The zero-order valence-electron chi connectivity index (χ0n) is 20.4. The Balaban J connectivity index is 1.17. The van der Waals surface area contributed by atoms with E-state index >= 15 is 0 Å². The fraction of sp³-hybridized carbons (Fsp3) is 0.346. The number of nitrogens with one attached hydrogen (secondary N) is 1. The molecule has 0 atom stereocenters. The van der Waals surface area contributed by atoms with Gasteiger partial charge in [-0.05, 0) is 55.3 Å². The van der Waals surface area contributed by atoms with E-state index in [-0.39, 0.29) is 12.3 Å². The van der Waals surface area contributed by atoms with Crippen molar-refractivity contribution >= 4 is 11.6 Å². The maximum atomic E-state index is 12.5. The third kappa shape index (κ3) is 5.07. The van der Waals surface area contributed by atoms with Crippen molar-refractivity contribution in [3.63, 3.8) is 0 Å². The smallest absolute Gasteiger partial charge is 0.227 e. The second kappa shape index (κ2) is 10.6. The molecule has 2 aromatic carbocycles. The number of carbonyl (C=O) groups is 1. The van der Waals surface area contributed by atoms with E-state index in [4.69, 9.17) is 14.0 Å². The molecule has 0 fully saturated rings. The number of amides is 1. The SMILES string of the molecule is COc1ccc(-c2noc(CCC(=O)Nc3ccc(-c4nnc5n4CCCCC5)cc3)n2)cc1OC. The summed E-state index contributed by atoms with van der Waals surface area (Å²) in [5.41, 5.74) is 2.44. The first-order chi connectivity index (χ1) is 17.6. The topological polar surface area (TPSA) is 117 Å². The highest BCUT2D eigenvalue weighted by molar-refractivity contribution is 5.91. The first kappa shape index (κ1) is 23.5. The third-order valence-corrected chi connectivity index (χ3v) is 6.21. The van der Waals surface area contributed by atoms with E-state index in [1.54, 1.807) is 26.4 Å². The Morgan fingerprint density at radius 1 is 1.00 bits per heavy atom. The lowest BCUT2D eigenvalue weighted by Gasteiger charge is -2.08. The Kier molecular flexibility index (Phi) is 6.92. The van der Waals surface area contributed by atoms with Crippen molar-refractivity contribution in [3.8, 4) is 34.3 Å². The number of aryl methyl sites for hydroxylation is 2. The van der Waals surface area contributed by atoms with Gasteiger partial charge >= 0.3 is 0 Å². The molecule has 4 aromatic rings. The van der Waals surface area contributed by atoms with Gasteiger partial charge in [0.25, 0.3) is 0 Å². The summed E-state index contributed by atoms with van der Waals surface area (Å²) in [6, 6.07) is 13.1. The molecule has 5 rings (SSSR count).